The second-order valence-electron chi connectivity index (χ2n) is 3.19. The van der Waals surface area contributed by atoms with E-state index < -0.39 is 11.6 Å². The summed E-state index contributed by atoms with van der Waals surface area (Å²) in [7, 11) is 1.45. The Morgan fingerprint density at radius 1 is 1.62 bits per heavy atom. The van der Waals surface area contributed by atoms with Crippen LogP contribution in [0.1, 0.15) is 30.0 Å². The molecule has 0 atom stereocenters. The van der Waals surface area contributed by atoms with Gasteiger partial charge in [0.25, 0.3) is 0 Å². The number of aryl methyl sites for hydroxylation is 1. The molecule has 0 radical (unpaired) electrons. The molecule has 0 fully saturated rings. The lowest BCUT2D eigenvalue weighted by Crippen LogP contribution is -2.19. The summed E-state index contributed by atoms with van der Waals surface area (Å²) in [5.41, 5.74) is -2.12. The molecule has 1 rings (SSSR count). The lowest BCUT2D eigenvalue weighted by atomic mass is 10.1. The van der Waals surface area contributed by atoms with Gasteiger partial charge in [-0.1, -0.05) is 5.21 Å². The molecular weight excluding hydrogens is 177 g/mol. The molecule has 1 heterocycles. The highest BCUT2D eigenvalue weighted by Crippen LogP contribution is 2.25. The average molecular weight is 187 g/mol. The van der Waals surface area contributed by atoms with Crippen molar-refractivity contribution in [1.29, 1.82) is 0 Å². The first-order valence-corrected chi connectivity index (χ1v) is 3.66. The maximum absolute atomic E-state index is 13.5. The van der Waals surface area contributed by atoms with Crippen molar-refractivity contribution in [2.45, 2.75) is 19.5 Å². The van der Waals surface area contributed by atoms with Crippen LogP contribution in [0.15, 0.2) is 0 Å². The number of hydrogen-bond acceptors (Lipinski definition) is 3. The van der Waals surface area contributed by atoms with Crippen molar-refractivity contribution in [1.82, 2.24) is 15.0 Å². The van der Waals surface area contributed by atoms with Gasteiger partial charge in [-0.3, -0.25) is 0 Å². The van der Waals surface area contributed by atoms with E-state index in [4.69, 9.17) is 5.11 Å². The highest BCUT2D eigenvalue weighted by molar-refractivity contribution is 5.86. The number of nitrogens with zero attached hydrogens (tertiary/aromatic N) is 3. The Balaban J connectivity index is 3.33. The Morgan fingerprint density at radius 2 is 2.15 bits per heavy atom. The molecule has 0 amide bonds. The second-order valence-corrected chi connectivity index (χ2v) is 3.19. The third-order valence-corrected chi connectivity index (χ3v) is 1.59. The van der Waals surface area contributed by atoms with E-state index >= 15 is 0 Å². The van der Waals surface area contributed by atoms with Gasteiger partial charge in [-0.25, -0.2) is 13.9 Å². The van der Waals surface area contributed by atoms with Crippen molar-refractivity contribution in [3.8, 4) is 0 Å². The highest BCUT2D eigenvalue weighted by Gasteiger charge is 2.31. The average Bonchev–Trinajstić information content (AvgIpc) is 2.28. The number of carboxylic acids is 1. The standard InChI is InChI=1S/C7H10FN3O2/c1-7(2,8)5-4(6(12)13)9-10-11(5)3/h1-3H3,(H,12,13). The van der Waals surface area contributed by atoms with Gasteiger partial charge in [0.2, 0.25) is 0 Å². The summed E-state index contributed by atoms with van der Waals surface area (Å²) in [6.07, 6.45) is 0. The summed E-state index contributed by atoms with van der Waals surface area (Å²) in [4.78, 5) is 10.6. The summed E-state index contributed by atoms with van der Waals surface area (Å²) in [6, 6.07) is 0. The SMILES string of the molecule is Cn1nnc(C(=O)O)c1C(C)(C)F. The molecule has 72 valence electrons. The van der Waals surface area contributed by atoms with Gasteiger partial charge in [0.15, 0.2) is 5.69 Å². The maximum atomic E-state index is 13.5. The zero-order valence-electron chi connectivity index (χ0n) is 7.58. The molecule has 0 saturated carbocycles. The Morgan fingerprint density at radius 3 is 2.46 bits per heavy atom. The van der Waals surface area contributed by atoms with E-state index in [2.05, 4.69) is 10.3 Å². The van der Waals surface area contributed by atoms with Gasteiger partial charge in [-0.05, 0) is 13.8 Å². The summed E-state index contributed by atoms with van der Waals surface area (Å²) in [5.74, 6) is -1.27. The molecule has 0 spiro atoms. The van der Waals surface area contributed by atoms with Gasteiger partial charge < -0.3 is 5.11 Å². The van der Waals surface area contributed by atoms with Gasteiger partial charge in [-0.15, -0.1) is 5.10 Å². The molecule has 0 unspecified atom stereocenters. The quantitative estimate of drug-likeness (QED) is 0.740. The topological polar surface area (TPSA) is 68.0 Å². The predicted octanol–water partition coefficient (Wildman–Crippen LogP) is 0.718. The van der Waals surface area contributed by atoms with Crippen molar-refractivity contribution < 1.29 is 14.3 Å². The first-order valence-electron chi connectivity index (χ1n) is 3.66. The highest BCUT2D eigenvalue weighted by atomic mass is 19.1. The predicted molar refractivity (Wildman–Crippen MR) is 42.1 cm³/mol. The van der Waals surface area contributed by atoms with Crippen LogP contribution in [0.4, 0.5) is 4.39 Å². The first-order chi connectivity index (χ1) is 5.84. The lowest BCUT2D eigenvalue weighted by Gasteiger charge is -2.13. The molecule has 0 aliphatic heterocycles. The van der Waals surface area contributed by atoms with Crippen LogP contribution in [0.25, 0.3) is 0 Å². The van der Waals surface area contributed by atoms with Crippen LogP contribution in [0.5, 0.6) is 0 Å². The zero-order valence-corrected chi connectivity index (χ0v) is 7.58. The van der Waals surface area contributed by atoms with Crippen molar-refractivity contribution in [3.63, 3.8) is 0 Å². The minimum atomic E-state index is -1.76. The largest absolute Gasteiger partial charge is 0.476 e. The minimum absolute atomic E-state index is 0.0278. The van der Waals surface area contributed by atoms with Crippen LogP contribution >= 0.6 is 0 Å². The zero-order chi connectivity index (χ0) is 10.2. The van der Waals surface area contributed by atoms with E-state index in [1.807, 2.05) is 0 Å². The third-order valence-electron chi connectivity index (χ3n) is 1.59. The number of aromatic nitrogens is 3. The van der Waals surface area contributed by atoms with Crippen LogP contribution in [0.3, 0.4) is 0 Å². The maximum Gasteiger partial charge on any atom is 0.358 e. The van der Waals surface area contributed by atoms with Gasteiger partial charge in [-0.2, -0.15) is 0 Å². The van der Waals surface area contributed by atoms with Crippen LogP contribution in [0, 0.1) is 0 Å². The number of rotatable bonds is 2. The lowest BCUT2D eigenvalue weighted by molar-refractivity contribution is 0.0681. The van der Waals surface area contributed by atoms with Gasteiger partial charge >= 0.3 is 5.97 Å². The van der Waals surface area contributed by atoms with Crippen molar-refractivity contribution in [2.75, 3.05) is 0 Å². The number of hydrogen-bond donors (Lipinski definition) is 1. The monoisotopic (exact) mass is 187 g/mol. The third kappa shape index (κ3) is 1.66. The Hall–Kier alpha value is -1.46. The van der Waals surface area contributed by atoms with Crippen molar-refractivity contribution in [3.05, 3.63) is 11.4 Å². The molecule has 0 saturated heterocycles. The first kappa shape index (κ1) is 9.63. The molecule has 6 heteroatoms. The minimum Gasteiger partial charge on any atom is -0.476 e. The Kier molecular flexibility index (Phi) is 2.07. The molecule has 0 aliphatic carbocycles. The normalized spacial score (nSPS) is 11.7. The van der Waals surface area contributed by atoms with E-state index in [0.717, 1.165) is 4.68 Å². The van der Waals surface area contributed by atoms with Crippen LogP contribution < -0.4 is 0 Å². The summed E-state index contributed by atoms with van der Waals surface area (Å²) < 4.78 is 14.6. The number of aromatic carboxylic acids is 1. The molecule has 0 bridgehead atoms. The number of halogens is 1. The molecule has 1 aromatic rings. The Labute approximate surface area is 74.2 Å². The summed E-state index contributed by atoms with van der Waals surface area (Å²) in [6.45, 7) is 2.52. The summed E-state index contributed by atoms with van der Waals surface area (Å²) in [5, 5.41) is 15.5. The molecule has 0 aliphatic rings. The van der Waals surface area contributed by atoms with E-state index in [1.54, 1.807) is 0 Å². The van der Waals surface area contributed by atoms with E-state index in [1.165, 1.54) is 20.9 Å². The Bertz CT molecular complexity index is 340. The van der Waals surface area contributed by atoms with Gasteiger partial charge in [0.05, 0.1) is 0 Å². The van der Waals surface area contributed by atoms with E-state index in [0.29, 0.717) is 0 Å². The smallest absolute Gasteiger partial charge is 0.358 e. The van der Waals surface area contributed by atoms with Crippen LogP contribution in [-0.2, 0) is 12.7 Å². The number of carboxylic acid groups (broad SMARTS) is 1. The fraction of sp³-hybridized carbons (Fsp3) is 0.571. The van der Waals surface area contributed by atoms with E-state index in [9.17, 15) is 9.18 Å². The van der Waals surface area contributed by atoms with Crippen LogP contribution in [-0.4, -0.2) is 26.1 Å². The van der Waals surface area contributed by atoms with Gasteiger partial charge in [0.1, 0.15) is 11.4 Å². The molecule has 13 heavy (non-hydrogen) atoms. The summed E-state index contributed by atoms with van der Waals surface area (Å²) >= 11 is 0. The fourth-order valence-electron chi connectivity index (χ4n) is 1.17. The molecule has 0 aromatic carbocycles. The molecule has 5 nitrogen and oxygen atoms in total. The van der Waals surface area contributed by atoms with Crippen molar-refractivity contribution in [2.24, 2.45) is 7.05 Å². The van der Waals surface area contributed by atoms with E-state index in [-0.39, 0.29) is 11.4 Å². The van der Waals surface area contributed by atoms with Crippen molar-refractivity contribution >= 4 is 5.97 Å². The number of alkyl halides is 1. The molecule has 1 aromatic heterocycles. The molecular formula is C7H10FN3O2. The number of carbonyl (C=O) groups is 1. The molecule has 1 N–H and O–H groups in total. The van der Waals surface area contributed by atoms with Gasteiger partial charge in [0, 0.05) is 7.05 Å². The van der Waals surface area contributed by atoms with Crippen LogP contribution in [0.2, 0.25) is 0 Å². The second kappa shape index (κ2) is 2.79. The fourth-order valence-corrected chi connectivity index (χ4v) is 1.17.